The third kappa shape index (κ3) is 4.10. The molecule has 0 saturated carbocycles. The van der Waals surface area contributed by atoms with Gasteiger partial charge in [-0.15, -0.1) is 0 Å². The molecular weight excluding hydrogens is 376 g/mol. The molecule has 3 aromatic rings. The maximum atomic E-state index is 13.0. The Labute approximate surface area is 176 Å². The van der Waals surface area contributed by atoms with Gasteiger partial charge in [0.2, 0.25) is 0 Å². The van der Waals surface area contributed by atoms with Gasteiger partial charge in [0.05, 0.1) is 5.69 Å². The number of carbonyl (C=O) groups excluding carboxylic acids is 1. The Morgan fingerprint density at radius 2 is 1.83 bits per heavy atom. The van der Waals surface area contributed by atoms with E-state index in [0.717, 1.165) is 35.9 Å². The average Bonchev–Trinajstić information content (AvgIpc) is 3.24. The highest BCUT2D eigenvalue weighted by atomic mass is 16.2. The van der Waals surface area contributed by atoms with E-state index >= 15 is 0 Å². The number of nitrogens with two attached hydrogens (primary N) is 1. The summed E-state index contributed by atoms with van der Waals surface area (Å²) in [5.74, 6) is 0.956. The number of pyridine rings is 1. The molecule has 0 unspecified atom stereocenters. The molecule has 1 aromatic carbocycles. The van der Waals surface area contributed by atoms with Crippen LogP contribution >= 0.6 is 0 Å². The van der Waals surface area contributed by atoms with E-state index in [1.54, 1.807) is 0 Å². The van der Waals surface area contributed by atoms with Crippen LogP contribution in [-0.4, -0.2) is 53.0 Å². The fraction of sp³-hybridized carbons (Fsp3) is 0.304. The lowest BCUT2D eigenvalue weighted by Crippen LogP contribution is -2.49. The smallest absolute Gasteiger partial charge is 0.270 e. The van der Waals surface area contributed by atoms with Gasteiger partial charge in [-0.05, 0) is 44.2 Å². The van der Waals surface area contributed by atoms with Gasteiger partial charge in [-0.1, -0.05) is 18.2 Å². The zero-order valence-electron chi connectivity index (χ0n) is 17.4. The Kier molecular flexibility index (Phi) is 5.61. The number of rotatable bonds is 5. The molecule has 0 bridgehead atoms. The van der Waals surface area contributed by atoms with Crippen LogP contribution in [0.3, 0.4) is 0 Å². The van der Waals surface area contributed by atoms with Crippen LogP contribution in [0.4, 0.5) is 17.2 Å². The number of aromatic nitrogens is 2. The summed E-state index contributed by atoms with van der Waals surface area (Å²) >= 11 is 0. The standard InChI is InChI=1S/C23H28N6O/c1-16(2)26-20-8-5-11-25-22(20)28-12-14-29(15-13-28)23(30)21-10-9-19(27-21)17-6-3-4-7-18(17)24/h3-11,16,26-27H,12-15,24H2,1-2H3. The number of aromatic amines is 1. The molecule has 0 atom stereocenters. The summed E-state index contributed by atoms with van der Waals surface area (Å²) in [6.45, 7) is 7.02. The number of benzene rings is 1. The van der Waals surface area contributed by atoms with E-state index in [2.05, 4.69) is 40.1 Å². The number of nitrogens with one attached hydrogen (secondary N) is 2. The molecule has 1 aliphatic heterocycles. The van der Waals surface area contributed by atoms with Gasteiger partial charge in [0.15, 0.2) is 5.82 Å². The van der Waals surface area contributed by atoms with Crippen LogP contribution in [0.15, 0.2) is 54.7 Å². The normalized spacial score (nSPS) is 14.2. The monoisotopic (exact) mass is 404 g/mol. The first kappa shape index (κ1) is 19.8. The van der Waals surface area contributed by atoms with E-state index in [-0.39, 0.29) is 5.91 Å². The summed E-state index contributed by atoms with van der Waals surface area (Å²) in [7, 11) is 0. The summed E-state index contributed by atoms with van der Waals surface area (Å²) < 4.78 is 0. The fourth-order valence-corrected chi connectivity index (χ4v) is 3.78. The van der Waals surface area contributed by atoms with E-state index < -0.39 is 0 Å². The highest BCUT2D eigenvalue weighted by Crippen LogP contribution is 2.26. The third-order valence-corrected chi connectivity index (χ3v) is 5.26. The Bertz CT molecular complexity index is 1020. The molecular formula is C23H28N6O. The van der Waals surface area contributed by atoms with Crippen molar-refractivity contribution >= 4 is 23.1 Å². The van der Waals surface area contributed by atoms with Crippen molar-refractivity contribution < 1.29 is 4.79 Å². The number of amides is 1. The maximum absolute atomic E-state index is 13.0. The number of hydrogen-bond acceptors (Lipinski definition) is 5. The van der Waals surface area contributed by atoms with E-state index in [4.69, 9.17) is 5.73 Å². The minimum atomic E-state index is 0.0111. The van der Waals surface area contributed by atoms with E-state index in [9.17, 15) is 4.79 Å². The largest absolute Gasteiger partial charge is 0.398 e. The van der Waals surface area contributed by atoms with E-state index in [1.807, 2.05) is 53.6 Å². The molecule has 3 heterocycles. The van der Waals surface area contributed by atoms with Crippen LogP contribution in [0.25, 0.3) is 11.3 Å². The topological polar surface area (TPSA) is 90.3 Å². The second kappa shape index (κ2) is 8.49. The summed E-state index contributed by atoms with van der Waals surface area (Å²) in [4.78, 5) is 24.9. The number of anilines is 3. The fourth-order valence-electron chi connectivity index (χ4n) is 3.78. The zero-order chi connectivity index (χ0) is 21.1. The third-order valence-electron chi connectivity index (χ3n) is 5.26. The Balaban J connectivity index is 1.43. The molecule has 4 N–H and O–H groups in total. The molecule has 1 saturated heterocycles. The quantitative estimate of drug-likeness (QED) is 0.567. The molecule has 0 aliphatic carbocycles. The van der Waals surface area contributed by atoms with Crippen LogP contribution < -0.4 is 16.0 Å². The van der Waals surface area contributed by atoms with Gasteiger partial charge in [0.25, 0.3) is 5.91 Å². The second-order valence-electron chi connectivity index (χ2n) is 7.83. The lowest BCUT2D eigenvalue weighted by molar-refractivity contribution is 0.0741. The first-order chi connectivity index (χ1) is 14.5. The summed E-state index contributed by atoms with van der Waals surface area (Å²) in [6, 6.07) is 15.7. The number of H-pyrrole nitrogens is 1. The van der Waals surface area contributed by atoms with Crippen molar-refractivity contribution in [2.75, 3.05) is 42.1 Å². The molecule has 7 nitrogen and oxygen atoms in total. The van der Waals surface area contributed by atoms with Gasteiger partial charge >= 0.3 is 0 Å². The minimum absolute atomic E-state index is 0.0111. The van der Waals surface area contributed by atoms with Crippen LogP contribution in [0, 0.1) is 0 Å². The Morgan fingerprint density at radius 3 is 2.57 bits per heavy atom. The molecule has 1 amide bonds. The van der Waals surface area contributed by atoms with Crippen LogP contribution in [-0.2, 0) is 0 Å². The van der Waals surface area contributed by atoms with Gasteiger partial charge in [-0.3, -0.25) is 4.79 Å². The number of nitrogen functional groups attached to an aromatic ring is 1. The summed E-state index contributed by atoms with van der Waals surface area (Å²) in [6.07, 6.45) is 1.81. The number of carbonyl (C=O) groups is 1. The van der Waals surface area contributed by atoms with E-state index in [1.165, 1.54) is 0 Å². The lowest BCUT2D eigenvalue weighted by Gasteiger charge is -2.36. The second-order valence-corrected chi connectivity index (χ2v) is 7.83. The minimum Gasteiger partial charge on any atom is -0.398 e. The highest BCUT2D eigenvalue weighted by molar-refractivity contribution is 5.94. The van der Waals surface area contributed by atoms with Gasteiger partial charge in [-0.2, -0.15) is 0 Å². The van der Waals surface area contributed by atoms with Crippen LogP contribution in [0.5, 0.6) is 0 Å². The first-order valence-electron chi connectivity index (χ1n) is 10.3. The summed E-state index contributed by atoms with van der Waals surface area (Å²) in [5.41, 5.74) is 10.1. The molecule has 0 spiro atoms. The predicted molar refractivity (Wildman–Crippen MR) is 122 cm³/mol. The molecule has 156 valence electrons. The lowest BCUT2D eigenvalue weighted by atomic mass is 10.1. The first-order valence-corrected chi connectivity index (χ1v) is 10.3. The zero-order valence-corrected chi connectivity index (χ0v) is 17.4. The molecule has 1 aliphatic rings. The van der Waals surface area contributed by atoms with Gasteiger partial charge in [-0.25, -0.2) is 4.98 Å². The maximum Gasteiger partial charge on any atom is 0.270 e. The molecule has 7 heteroatoms. The van der Waals surface area contributed by atoms with Crippen LogP contribution in [0.2, 0.25) is 0 Å². The Hall–Kier alpha value is -3.48. The number of hydrogen-bond donors (Lipinski definition) is 3. The van der Waals surface area contributed by atoms with Crippen molar-refractivity contribution in [3.05, 3.63) is 60.4 Å². The summed E-state index contributed by atoms with van der Waals surface area (Å²) in [5, 5.41) is 3.45. The Morgan fingerprint density at radius 1 is 1.07 bits per heavy atom. The van der Waals surface area contributed by atoms with Crippen molar-refractivity contribution in [2.45, 2.75) is 19.9 Å². The molecule has 0 radical (unpaired) electrons. The molecule has 1 fully saturated rings. The van der Waals surface area contributed by atoms with Crippen LogP contribution in [0.1, 0.15) is 24.3 Å². The predicted octanol–water partition coefficient (Wildman–Crippen LogP) is 3.44. The van der Waals surface area contributed by atoms with Gasteiger partial charge in [0, 0.05) is 55.4 Å². The van der Waals surface area contributed by atoms with Gasteiger partial charge in [0.1, 0.15) is 5.69 Å². The molecule has 4 rings (SSSR count). The van der Waals surface area contributed by atoms with Crippen molar-refractivity contribution in [1.29, 1.82) is 0 Å². The van der Waals surface area contributed by atoms with Crippen molar-refractivity contribution in [3.63, 3.8) is 0 Å². The number of para-hydroxylation sites is 1. The van der Waals surface area contributed by atoms with Crippen molar-refractivity contribution in [1.82, 2.24) is 14.9 Å². The highest BCUT2D eigenvalue weighted by Gasteiger charge is 2.25. The molecule has 2 aromatic heterocycles. The number of nitrogens with zero attached hydrogens (tertiary/aromatic N) is 3. The average molecular weight is 405 g/mol. The molecule has 30 heavy (non-hydrogen) atoms. The SMILES string of the molecule is CC(C)Nc1cccnc1N1CCN(C(=O)c2ccc(-c3ccccc3N)[nH]2)CC1. The number of piperazine rings is 1. The van der Waals surface area contributed by atoms with Crippen molar-refractivity contribution in [3.8, 4) is 11.3 Å². The van der Waals surface area contributed by atoms with Gasteiger partial charge < -0.3 is 25.8 Å². The van der Waals surface area contributed by atoms with Crippen molar-refractivity contribution in [2.24, 2.45) is 0 Å². The van der Waals surface area contributed by atoms with E-state index in [0.29, 0.717) is 30.5 Å².